The van der Waals surface area contributed by atoms with Crippen LogP contribution in [0.15, 0.2) is 24.5 Å². The number of ether oxygens (including phenoxy) is 1. The lowest BCUT2D eigenvalue weighted by atomic mass is 9.97. The van der Waals surface area contributed by atoms with E-state index in [1.165, 1.54) is 31.5 Å². The Morgan fingerprint density at radius 2 is 2.30 bits per heavy atom. The van der Waals surface area contributed by atoms with Crippen LogP contribution in [-0.4, -0.2) is 34.0 Å². The summed E-state index contributed by atoms with van der Waals surface area (Å²) in [5, 5.41) is 0. The fourth-order valence-corrected chi connectivity index (χ4v) is 3.83. The van der Waals surface area contributed by atoms with E-state index in [2.05, 4.69) is 11.2 Å². The largest absolute Gasteiger partial charge is 0.465 e. The van der Waals surface area contributed by atoms with Crippen molar-refractivity contribution in [2.45, 2.75) is 19.3 Å². The number of hydrogen-bond acceptors (Lipinski definition) is 4. The van der Waals surface area contributed by atoms with Gasteiger partial charge < -0.3 is 9.14 Å². The first-order chi connectivity index (χ1) is 9.76. The highest BCUT2D eigenvalue weighted by atomic mass is 32.2. The number of aromatic nitrogens is 2. The van der Waals surface area contributed by atoms with Crippen LogP contribution in [0.4, 0.5) is 0 Å². The minimum absolute atomic E-state index is 0.318. The summed E-state index contributed by atoms with van der Waals surface area (Å²) in [5.74, 6) is 2.97. The first-order valence-corrected chi connectivity index (χ1v) is 8.05. The Kier molecular flexibility index (Phi) is 3.96. The molecule has 0 radical (unpaired) electrons. The van der Waals surface area contributed by atoms with Crippen molar-refractivity contribution in [2.24, 2.45) is 5.92 Å². The van der Waals surface area contributed by atoms with Gasteiger partial charge in [-0.3, -0.25) is 0 Å². The lowest BCUT2D eigenvalue weighted by molar-refractivity contribution is 0.0600. The molecule has 1 aliphatic rings. The second-order valence-corrected chi connectivity index (χ2v) is 6.39. The summed E-state index contributed by atoms with van der Waals surface area (Å²) in [6.07, 6.45) is 7.54. The van der Waals surface area contributed by atoms with Gasteiger partial charge in [0.2, 0.25) is 0 Å². The molecule has 0 aromatic carbocycles. The topological polar surface area (TPSA) is 43.6 Å². The first-order valence-electron chi connectivity index (χ1n) is 6.90. The molecule has 0 atom stereocenters. The van der Waals surface area contributed by atoms with Crippen molar-refractivity contribution in [1.29, 1.82) is 0 Å². The summed E-state index contributed by atoms with van der Waals surface area (Å²) >= 11 is 2.04. The van der Waals surface area contributed by atoms with Crippen molar-refractivity contribution in [3.8, 4) is 0 Å². The Morgan fingerprint density at radius 3 is 3.05 bits per heavy atom. The van der Waals surface area contributed by atoms with E-state index in [4.69, 9.17) is 4.74 Å². The van der Waals surface area contributed by atoms with Crippen molar-refractivity contribution in [2.75, 3.05) is 18.6 Å². The number of nitrogens with zero attached hydrogens (tertiary/aromatic N) is 2. The smallest absolute Gasteiger partial charge is 0.338 e. The molecule has 0 aliphatic carbocycles. The first kappa shape index (κ1) is 13.5. The third-order valence-corrected chi connectivity index (χ3v) is 4.82. The van der Waals surface area contributed by atoms with Gasteiger partial charge in [0.15, 0.2) is 0 Å². The summed E-state index contributed by atoms with van der Waals surface area (Å²) in [4.78, 5) is 16.2. The highest BCUT2D eigenvalue weighted by molar-refractivity contribution is 7.99. The van der Waals surface area contributed by atoms with Crippen molar-refractivity contribution in [3.05, 3.63) is 35.8 Å². The van der Waals surface area contributed by atoms with Crippen LogP contribution in [-0.2, 0) is 11.2 Å². The highest BCUT2D eigenvalue weighted by Crippen LogP contribution is 2.25. The van der Waals surface area contributed by atoms with E-state index in [0.29, 0.717) is 5.56 Å². The van der Waals surface area contributed by atoms with Crippen LogP contribution in [0.25, 0.3) is 5.65 Å². The predicted octanol–water partition coefficient (Wildman–Crippen LogP) is 2.81. The highest BCUT2D eigenvalue weighted by Gasteiger charge is 2.16. The van der Waals surface area contributed by atoms with E-state index in [9.17, 15) is 4.79 Å². The van der Waals surface area contributed by atoms with Gasteiger partial charge in [-0.15, -0.1) is 0 Å². The van der Waals surface area contributed by atoms with Crippen molar-refractivity contribution in [1.82, 2.24) is 9.38 Å². The number of hydrogen-bond donors (Lipinski definition) is 0. The van der Waals surface area contributed by atoms with Crippen molar-refractivity contribution in [3.63, 3.8) is 0 Å². The maximum absolute atomic E-state index is 11.5. The summed E-state index contributed by atoms with van der Waals surface area (Å²) in [5.41, 5.74) is 2.48. The number of imidazole rings is 1. The number of esters is 1. The minimum atomic E-state index is -0.318. The number of carbonyl (C=O) groups is 1. The van der Waals surface area contributed by atoms with Gasteiger partial charge in [-0.2, -0.15) is 11.8 Å². The lowest BCUT2D eigenvalue weighted by Crippen LogP contribution is -2.12. The Morgan fingerprint density at radius 1 is 1.50 bits per heavy atom. The summed E-state index contributed by atoms with van der Waals surface area (Å²) < 4.78 is 6.71. The Balaban J connectivity index is 1.81. The number of carbonyl (C=O) groups excluding carboxylic acids is 1. The molecule has 0 spiro atoms. The summed E-state index contributed by atoms with van der Waals surface area (Å²) in [7, 11) is 1.39. The number of rotatable bonds is 3. The van der Waals surface area contributed by atoms with Gasteiger partial charge >= 0.3 is 5.97 Å². The van der Waals surface area contributed by atoms with Crippen LogP contribution in [0.2, 0.25) is 0 Å². The van der Waals surface area contributed by atoms with E-state index in [-0.39, 0.29) is 5.97 Å². The molecule has 1 fully saturated rings. The molecule has 5 heteroatoms. The summed E-state index contributed by atoms with van der Waals surface area (Å²) in [6, 6.07) is 3.55. The van der Waals surface area contributed by atoms with E-state index >= 15 is 0 Å². The molecule has 0 bridgehead atoms. The van der Waals surface area contributed by atoms with E-state index in [0.717, 1.165) is 23.7 Å². The molecular weight excluding hydrogens is 272 g/mol. The molecular formula is C15H18N2O2S. The molecule has 0 unspecified atom stereocenters. The predicted molar refractivity (Wildman–Crippen MR) is 80.3 cm³/mol. The minimum Gasteiger partial charge on any atom is -0.465 e. The third kappa shape index (κ3) is 2.82. The fraction of sp³-hybridized carbons (Fsp3) is 0.467. The lowest BCUT2D eigenvalue weighted by Gasteiger charge is -2.19. The van der Waals surface area contributed by atoms with E-state index < -0.39 is 0 Å². The Hall–Kier alpha value is -1.49. The summed E-state index contributed by atoms with van der Waals surface area (Å²) in [6.45, 7) is 0. The van der Waals surface area contributed by atoms with Gasteiger partial charge in [-0.25, -0.2) is 9.78 Å². The van der Waals surface area contributed by atoms with Crippen LogP contribution in [0.3, 0.4) is 0 Å². The molecule has 0 amide bonds. The van der Waals surface area contributed by atoms with Crippen LogP contribution in [0, 0.1) is 5.92 Å². The second-order valence-electron chi connectivity index (χ2n) is 5.16. The SMILES string of the molecule is COC(=O)c1ccn2cc(CC3CCSCC3)nc2c1. The third-order valence-electron chi connectivity index (χ3n) is 3.77. The van der Waals surface area contributed by atoms with Crippen LogP contribution in [0.5, 0.6) is 0 Å². The van der Waals surface area contributed by atoms with Crippen LogP contribution >= 0.6 is 11.8 Å². The van der Waals surface area contributed by atoms with Gasteiger partial charge in [0.1, 0.15) is 5.65 Å². The van der Waals surface area contributed by atoms with Gasteiger partial charge in [0.05, 0.1) is 18.4 Å². The molecule has 3 rings (SSSR count). The zero-order chi connectivity index (χ0) is 13.9. The Labute approximate surface area is 122 Å². The molecule has 20 heavy (non-hydrogen) atoms. The van der Waals surface area contributed by atoms with Crippen molar-refractivity contribution >= 4 is 23.4 Å². The van der Waals surface area contributed by atoms with Gasteiger partial charge in [-0.1, -0.05) is 0 Å². The van der Waals surface area contributed by atoms with E-state index in [1.807, 2.05) is 22.4 Å². The molecule has 2 aromatic heterocycles. The molecule has 106 valence electrons. The van der Waals surface area contributed by atoms with Gasteiger partial charge in [0.25, 0.3) is 0 Å². The van der Waals surface area contributed by atoms with Crippen molar-refractivity contribution < 1.29 is 9.53 Å². The maximum atomic E-state index is 11.5. The number of thioether (sulfide) groups is 1. The number of pyridine rings is 1. The molecule has 3 heterocycles. The van der Waals surface area contributed by atoms with Gasteiger partial charge in [-0.05, 0) is 48.8 Å². The maximum Gasteiger partial charge on any atom is 0.338 e. The van der Waals surface area contributed by atoms with E-state index in [1.54, 1.807) is 12.1 Å². The molecule has 0 saturated carbocycles. The molecule has 1 saturated heterocycles. The molecule has 2 aromatic rings. The molecule has 4 nitrogen and oxygen atoms in total. The molecule has 1 aliphatic heterocycles. The average molecular weight is 290 g/mol. The molecule has 0 N–H and O–H groups in total. The quantitative estimate of drug-likeness (QED) is 0.815. The van der Waals surface area contributed by atoms with Gasteiger partial charge in [0, 0.05) is 12.4 Å². The number of methoxy groups -OCH3 is 1. The number of fused-ring (bicyclic) bond motifs is 1. The monoisotopic (exact) mass is 290 g/mol. The zero-order valence-corrected chi connectivity index (χ0v) is 12.4. The standard InChI is InChI=1S/C15H18N2O2S/c1-19-15(18)12-2-5-17-10-13(16-14(17)9-12)8-11-3-6-20-7-4-11/h2,5,9-11H,3-4,6-8H2,1H3. The second kappa shape index (κ2) is 5.87. The normalized spacial score (nSPS) is 16.4. The average Bonchev–Trinajstić information content (AvgIpc) is 2.88. The zero-order valence-electron chi connectivity index (χ0n) is 11.5. The van der Waals surface area contributed by atoms with Crippen LogP contribution < -0.4 is 0 Å². The Bertz CT molecular complexity index is 617. The van der Waals surface area contributed by atoms with Crippen LogP contribution in [0.1, 0.15) is 28.9 Å². The fourth-order valence-electron chi connectivity index (χ4n) is 2.62.